The SMILES string of the molecule is CCC(CNC)C(O)C1(CO)CC1. The average molecular weight is 187 g/mol. The third-order valence-corrected chi connectivity index (χ3v) is 3.27. The average Bonchev–Trinajstić information content (AvgIpc) is 2.93. The molecule has 0 radical (unpaired) electrons. The van der Waals surface area contributed by atoms with Gasteiger partial charge in [-0.25, -0.2) is 0 Å². The molecule has 0 aromatic rings. The minimum Gasteiger partial charge on any atom is -0.396 e. The van der Waals surface area contributed by atoms with Gasteiger partial charge in [0.1, 0.15) is 0 Å². The fraction of sp³-hybridized carbons (Fsp3) is 1.00. The lowest BCUT2D eigenvalue weighted by Crippen LogP contribution is -2.37. The number of hydrogen-bond acceptors (Lipinski definition) is 3. The Balaban J connectivity index is 2.48. The van der Waals surface area contributed by atoms with E-state index in [1.54, 1.807) is 0 Å². The van der Waals surface area contributed by atoms with Crippen molar-refractivity contribution in [3.8, 4) is 0 Å². The van der Waals surface area contributed by atoms with Crippen LogP contribution in [-0.4, -0.2) is 36.5 Å². The van der Waals surface area contributed by atoms with Crippen molar-refractivity contribution in [1.82, 2.24) is 5.32 Å². The molecule has 0 aliphatic heterocycles. The summed E-state index contributed by atoms with van der Waals surface area (Å²) in [4.78, 5) is 0. The van der Waals surface area contributed by atoms with Gasteiger partial charge in [0.05, 0.1) is 12.7 Å². The zero-order valence-electron chi connectivity index (χ0n) is 8.58. The second kappa shape index (κ2) is 4.40. The van der Waals surface area contributed by atoms with Crippen molar-refractivity contribution in [3.63, 3.8) is 0 Å². The maximum absolute atomic E-state index is 10.0. The lowest BCUT2D eigenvalue weighted by Gasteiger charge is -2.27. The normalized spacial score (nSPS) is 24.0. The molecule has 0 amide bonds. The molecular weight excluding hydrogens is 166 g/mol. The minimum atomic E-state index is -0.338. The van der Waals surface area contributed by atoms with Crippen LogP contribution in [0.25, 0.3) is 0 Å². The van der Waals surface area contributed by atoms with E-state index in [1.807, 2.05) is 7.05 Å². The van der Waals surface area contributed by atoms with Crippen LogP contribution in [-0.2, 0) is 0 Å². The molecule has 1 rings (SSSR count). The Hall–Kier alpha value is -0.120. The molecular formula is C10H21NO2. The van der Waals surface area contributed by atoms with Crippen molar-refractivity contribution in [2.75, 3.05) is 20.2 Å². The van der Waals surface area contributed by atoms with Gasteiger partial charge in [0.15, 0.2) is 0 Å². The van der Waals surface area contributed by atoms with E-state index in [4.69, 9.17) is 5.11 Å². The fourth-order valence-electron chi connectivity index (χ4n) is 1.95. The molecule has 3 nitrogen and oxygen atoms in total. The van der Waals surface area contributed by atoms with Crippen LogP contribution in [0.3, 0.4) is 0 Å². The number of hydrogen-bond donors (Lipinski definition) is 3. The Morgan fingerprint density at radius 2 is 2.08 bits per heavy atom. The highest BCUT2D eigenvalue weighted by atomic mass is 16.3. The Morgan fingerprint density at radius 1 is 1.46 bits per heavy atom. The molecule has 0 aromatic carbocycles. The van der Waals surface area contributed by atoms with Crippen LogP contribution in [0.5, 0.6) is 0 Å². The van der Waals surface area contributed by atoms with E-state index in [0.717, 1.165) is 25.8 Å². The summed E-state index contributed by atoms with van der Waals surface area (Å²) in [5.74, 6) is 0.277. The summed E-state index contributed by atoms with van der Waals surface area (Å²) in [6.45, 7) is 3.05. The molecule has 78 valence electrons. The van der Waals surface area contributed by atoms with Crippen molar-refractivity contribution in [2.24, 2.45) is 11.3 Å². The van der Waals surface area contributed by atoms with Gasteiger partial charge in [0.25, 0.3) is 0 Å². The quantitative estimate of drug-likeness (QED) is 0.563. The first-order valence-electron chi connectivity index (χ1n) is 5.13. The molecule has 1 aliphatic carbocycles. The van der Waals surface area contributed by atoms with E-state index in [2.05, 4.69) is 12.2 Å². The lowest BCUT2D eigenvalue weighted by molar-refractivity contribution is 0.00681. The minimum absolute atomic E-state index is 0.133. The molecule has 2 atom stereocenters. The predicted molar refractivity (Wildman–Crippen MR) is 52.5 cm³/mol. The number of nitrogens with one attached hydrogen (secondary N) is 1. The number of aliphatic hydroxyl groups is 2. The molecule has 2 unspecified atom stereocenters. The molecule has 0 saturated heterocycles. The molecule has 1 saturated carbocycles. The molecule has 1 fully saturated rings. The number of aliphatic hydroxyl groups excluding tert-OH is 2. The van der Waals surface area contributed by atoms with Crippen LogP contribution < -0.4 is 5.32 Å². The van der Waals surface area contributed by atoms with Gasteiger partial charge in [-0.15, -0.1) is 0 Å². The highest BCUT2D eigenvalue weighted by Gasteiger charge is 2.50. The summed E-state index contributed by atoms with van der Waals surface area (Å²) >= 11 is 0. The molecule has 0 heterocycles. The van der Waals surface area contributed by atoms with Crippen LogP contribution >= 0.6 is 0 Å². The largest absolute Gasteiger partial charge is 0.396 e. The monoisotopic (exact) mass is 187 g/mol. The summed E-state index contributed by atoms with van der Waals surface area (Å²) in [5.41, 5.74) is -0.155. The Bertz CT molecular complexity index is 157. The van der Waals surface area contributed by atoms with Crippen molar-refractivity contribution in [1.29, 1.82) is 0 Å². The zero-order chi connectivity index (χ0) is 9.90. The van der Waals surface area contributed by atoms with Gasteiger partial charge in [0.2, 0.25) is 0 Å². The Labute approximate surface area is 80.2 Å². The first-order chi connectivity index (χ1) is 6.20. The smallest absolute Gasteiger partial charge is 0.0658 e. The van der Waals surface area contributed by atoms with Gasteiger partial charge < -0.3 is 15.5 Å². The van der Waals surface area contributed by atoms with E-state index in [0.29, 0.717) is 0 Å². The molecule has 1 aliphatic rings. The van der Waals surface area contributed by atoms with Crippen molar-refractivity contribution in [3.05, 3.63) is 0 Å². The Morgan fingerprint density at radius 3 is 2.38 bits per heavy atom. The van der Waals surface area contributed by atoms with E-state index >= 15 is 0 Å². The molecule has 13 heavy (non-hydrogen) atoms. The highest BCUT2D eigenvalue weighted by molar-refractivity contribution is 5.00. The fourth-order valence-corrected chi connectivity index (χ4v) is 1.95. The zero-order valence-corrected chi connectivity index (χ0v) is 8.58. The Kier molecular flexibility index (Phi) is 3.71. The highest BCUT2D eigenvalue weighted by Crippen LogP contribution is 2.50. The molecule has 3 heteroatoms. The van der Waals surface area contributed by atoms with E-state index in [1.165, 1.54) is 0 Å². The summed E-state index contributed by atoms with van der Waals surface area (Å²) in [7, 11) is 1.90. The number of rotatable bonds is 6. The predicted octanol–water partition coefficient (Wildman–Crippen LogP) is 0.365. The van der Waals surface area contributed by atoms with Gasteiger partial charge >= 0.3 is 0 Å². The summed E-state index contributed by atoms with van der Waals surface area (Å²) in [6, 6.07) is 0. The summed E-state index contributed by atoms with van der Waals surface area (Å²) in [5, 5.41) is 22.3. The van der Waals surface area contributed by atoms with Crippen molar-refractivity contribution >= 4 is 0 Å². The van der Waals surface area contributed by atoms with Crippen molar-refractivity contribution < 1.29 is 10.2 Å². The molecule has 0 bridgehead atoms. The second-order valence-electron chi connectivity index (χ2n) is 4.19. The van der Waals surface area contributed by atoms with Gasteiger partial charge in [-0.05, 0) is 32.2 Å². The summed E-state index contributed by atoms with van der Waals surface area (Å²) < 4.78 is 0. The van der Waals surface area contributed by atoms with Crippen LogP contribution in [0.1, 0.15) is 26.2 Å². The van der Waals surface area contributed by atoms with E-state index in [9.17, 15) is 5.11 Å². The van der Waals surface area contributed by atoms with E-state index in [-0.39, 0.29) is 24.0 Å². The third kappa shape index (κ3) is 2.22. The standard InChI is InChI=1S/C10H21NO2/c1-3-8(6-11-2)9(13)10(7-12)4-5-10/h8-9,11-13H,3-7H2,1-2H3. The van der Waals surface area contributed by atoms with Crippen LogP contribution in [0, 0.1) is 11.3 Å². The van der Waals surface area contributed by atoms with Crippen molar-refractivity contribution in [2.45, 2.75) is 32.3 Å². The van der Waals surface area contributed by atoms with Gasteiger partial charge in [-0.3, -0.25) is 0 Å². The maximum atomic E-state index is 10.0. The molecule has 3 N–H and O–H groups in total. The lowest BCUT2D eigenvalue weighted by atomic mass is 9.87. The maximum Gasteiger partial charge on any atom is 0.0658 e. The summed E-state index contributed by atoms with van der Waals surface area (Å²) in [6.07, 6.45) is 2.58. The third-order valence-electron chi connectivity index (χ3n) is 3.27. The van der Waals surface area contributed by atoms with Crippen LogP contribution in [0.2, 0.25) is 0 Å². The molecule has 0 spiro atoms. The molecule has 0 aromatic heterocycles. The van der Waals surface area contributed by atoms with Gasteiger partial charge in [-0.2, -0.15) is 0 Å². The first kappa shape index (κ1) is 11.0. The van der Waals surface area contributed by atoms with E-state index < -0.39 is 0 Å². The topological polar surface area (TPSA) is 52.5 Å². The van der Waals surface area contributed by atoms with Gasteiger partial charge in [0, 0.05) is 12.0 Å². The van der Waals surface area contributed by atoms with Crippen LogP contribution in [0.4, 0.5) is 0 Å². The first-order valence-corrected chi connectivity index (χ1v) is 5.13. The van der Waals surface area contributed by atoms with Crippen LogP contribution in [0.15, 0.2) is 0 Å². The second-order valence-corrected chi connectivity index (χ2v) is 4.19. The van der Waals surface area contributed by atoms with Gasteiger partial charge in [-0.1, -0.05) is 6.92 Å².